The molecule has 0 saturated heterocycles. The Morgan fingerprint density at radius 1 is 1.21 bits per heavy atom. The van der Waals surface area contributed by atoms with Gasteiger partial charge in [0.05, 0.1) is 17.6 Å². The van der Waals surface area contributed by atoms with Gasteiger partial charge in [-0.05, 0) is 30.4 Å². The molecule has 1 aliphatic rings. The SMILES string of the molecule is Cn1c(=O)c2c(CO)c(Cc3ccccc3C(F)(F)F)sc2n(CC2CC2)c1=O. The first-order chi connectivity index (χ1) is 13.7. The van der Waals surface area contributed by atoms with Gasteiger partial charge in [0.25, 0.3) is 5.56 Å². The van der Waals surface area contributed by atoms with Crippen LogP contribution in [0, 0.1) is 5.92 Å². The molecule has 1 aromatic carbocycles. The van der Waals surface area contributed by atoms with Crippen LogP contribution < -0.4 is 11.2 Å². The minimum Gasteiger partial charge on any atom is -0.392 e. The van der Waals surface area contributed by atoms with Crippen LogP contribution in [-0.2, 0) is 32.8 Å². The van der Waals surface area contributed by atoms with Gasteiger partial charge in [0.15, 0.2) is 0 Å². The maximum absolute atomic E-state index is 13.4. The molecule has 2 heterocycles. The number of halogens is 3. The topological polar surface area (TPSA) is 64.2 Å². The van der Waals surface area contributed by atoms with E-state index in [-0.39, 0.29) is 17.4 Å². The van der Waals surface area contributed by atoms with Gasteiger partial charge < -0.3 is 5.11 Å². The number of fused-ring (bicyclic) bond motifs is 1. The van der Waals surface area contributed by atoms with Crippen molar-refractivity contribution in [2.75, 3.05) is 0 Å². The minimum atomic E-state index is -4.50. The molecule has 154 valence electrons. The molecule has 9 heteroatoms. The molecular weight excluding hydrogens is 405 g/mol. The number of hydrogen-bond acceptors (Lipinski definition) is 4. The van der Waals surface area contributed by atoms with Gasteiger partial charge in [-0.25, -0.2) is 4.79 Å². The molecule has 1 saturated carbocycles. The number of aromatic nitrogens is 2. The number of aliphatic hydroxyl groups is 1. The van der Waals surface area contributed by atoms with E-state index >= 15 is 0 Å². The predicted molar refractivity (Wildman–Crippen MR) is 104 cm³/mol. The van der Waals surface area contributed by atoms with Crippen LogP contribution >= 0.6 is 11.3 Å². The van der Waals surface area contributed by atoms with E-state index in [4.69, 9.17) is 0 Å². The third-order valence-corrected chi connectivity index (χ3v) is 6.58. The Hall–Kier alpha value is -2.39. The summed E-state index contributed by atoms with van der Waals surface area (Å²) in [5.41, 5.74) is -1.36. The summed E-state index contributed by atoms with van der Waals surface area (Å²) < 4.78 is 42.7. The van der Waals surface area contributed by atoms with E-state index in [0.717, 1.165) is 34.8 Å². The third kappa shape index (κ3) is 3.53. The maximum atomic E-state index is 13.4. The molecule has 1 N–H and O–H groups in total. The van der Waals surface area contributed by atoms with Gasteiger partial charge in [-0.2, -0.15) is 13.2 Å². The summed E-state index contributed by atoms with van der Waals surface area (Å²) in [5.74, 6) is 0.363. The highest BCUT2D eigenvalue weighted by atomic mass is 32.1. The number of aliphatic hydroxyl groups excluding tert-OH is 1. The number of rotatable bonds is 5. The summed E-state index contributed by atoms with van der Waals surface area (Å²) in [5, 5.41) is 10.2. The lowest BCUT2D eigenvalue weighted by molar-refractivity contribution is -0.138. The molecule has 29 heavy (non-hydrogen) atoms. The summed E-state index contributed by atoms with van der Waals surface area (Å²) in [6, 6.07) is 5.26. The molecule has 1 fully saturated rings. The average Bonchev–Trinajstić information content (AvgIpc) is 3.42. The second-order valence-corrected chi connectivity index (χ2v) is 8.46. The van der Waals surface area contributed by atoms with Gasteiger partial charge in [-0.3, -0.25) is 13.9 Å². The summed E-state index contributed by atoms with van der Waals surface area (Å²) in [6.07, 6.45) is -2.58. The second-order valence-electron chi connectivity index (χ2n) is 7.37. The second kappa shape index (κ2) is 7.14. The van der Waals surface area contributed by atoms with Gasteiger partial charge in [0, 0.05) is 30.5 Å². The van der Waals surface area contributed by atoms with Crippen molar-refractivity contribution in [2.24, 2.45) is 13.0 Å². The summed E-state index contributed by atoms with van der Waals surface area (Å²) >= 11 is 1.12. The van der Waals surface area contributed by atoms with Crippen molar-refractivity contribution in [1.82, 2.24) is 9.13 Å². The van der Waals surface area contributed by atoms with Crippen LogP contribution in [0.4, 0.5) is 13.2 Å². The highest BCUT2D eigenvalue weighted by Crippen LogP contribution is 2.37. The normalized spacial score (nSPS) is 14.7. The van der Waals surface area contributed by atoms with Crippen molar-refractivity contribution >= 4 is 21.6 Å². The molecular formula is C20H19F3N2O3S. The number of thiophene rings is 1. The summed E-state index contributed by atoms with van der Waals surface area (Å²) in [7, 11) is 1.38. The predicted octanol–water partition coefficient (Wildman–Crippen LogP) is 3.27. The minimum absolute atomic E-state index is 0.0640. The van der Waals surface area contributed by atoms with E-state index in [1.54, 1.807) is 0 Å². The first-order valence-electron chi connectivity index (χ1n) is 9.22. The highest BCUT2D eigenvalue weighted by molar-refractivity contribution is 7.18. The average molecular weight is 424 g/mol. The van der Waals surface area contributed by atoms with Crippen molar-refractivity contribution in [3.05, 3.63) is 66.7 Å². The number of hydrogen-bond donors (Lipinski definition) is 1. The quantitative estimate of drug-likeness (QED) is 0.684. The first kappa shape index (κ1) is 19.9. The Labute approximate surface area is 167 Å². The van der Waals surface area contributed by atoms with Crippen LogP contribution in [-0.4, -0.2) is 14.2 Å². The van der Waals surface area contributed by atoms with E-state index in [1.165, 1.54) is 29.8 Å². The molecule has 1 aliphatic carbocycles. The van der Waals surface area contributed by atoms with Crippen LogP contribution in [0.1, 0.15) is 34.4 Å². The van der Waals surface area contributed by atoms with Gasteiger partial charge in [0.1, 0.15) is 4.83 Å². The van der Waals surface area contributed by atoms with Gasteiger partial charge >= 0.3 is 11.9 Å². The maximum Gasteiger partial charge on any atom is 0.416 e. The lowest BCUT2D eigenvalue weighted by atomic mass is 10.0. The lowest BCUT2D eigenvalue weighted by Gasteiger charge is -2.12. The Kier molecular flexibility index (Phi) is 4.90. The smallest absolute Gasteiger partial charge is 0.392 e. The third-order valence-electron chi connectivity index (χ3n) is 5.32. The van der Waals surface area contributed by atoms with Crippen molar-refractivity contribution in [1.29, 1.82) is 0 Å². The molecule has 0 unspecified atom stereocenters. The fraction of sp³-hybridized carbons (Fsp3) is 0.400. The molecule has 0 radical (unpaired) electrons. The molecule has 0 atom stereocenters. The van der Waals surface area contributed by atoms with E-state index < -0.39 is 29.6 Å². The molecule has 3 aromatic rings. The van der Waals surface area contributed by atoms with Crippen LogP contribution in [0.3, 0.4) is 0 Å². The zero-order valence-electron chi connectivity index (χ0n) is 15.6. The van der Waals surface area contributed by atoms with Crippen LogP contribution in [0.5, 0.6) is 0 Å². The number of alkyl halides is 3. The molecule has 5 nitrogen and oxygen atoms in total. The molecule has 0 spiro atoms. The monoisotopic (exact) mass is 424 g/mol. The van der Waals surface area contributed by atoms with E-state index in [9.17, 15) is 27.9 Å². The fourth-order valence-electron chi connectivity index (χ4n) is 3.58. The first-order valence-corrected chi connectivity index (χ1v) is 10.0. The van der Waals surface area contributed by atoms with Crippen molar-refractivity contribution in [2.45, 2.75) is 38.6 Å². The Morgan fingerprint density at radius 2 is 1.90 bits per heavy atom. The van der Waals surface area contributed by atoms with Gasteiger partial charge in [0.2, 0.25) is 0 Å². The van der Waals surface area contributed by atoms with Crippen molar-refractivity contribution < 1.29 is 18.3 Å². The Morgan fingerprint density at radius 3 is 2.52 bits per heavy atom. The van der Waals surface area contributed by atoms with Gasteiger partial charge in [-0.15, -0.1) is 11.3 Å². The zero-order valence-corrected chi connectivity index (χ0v) is 16.4. The van der Waals surface area contributed by atoms with E-state index in [0.29, 0.717) is 27.7 Å². The molecule has 0 amide bonds. The Balaban J connectivity index is 1.92. The summed E-state index contributed by atoms with van der Waals surface area (Å²) in [4.78, 5) is 26.3. The number of benzene rings is 1. The van der Waals surface area contributed by atoms with E-state index in [2.05, 4.69) is 0 Å². The van der Waals surface area contributed by atoms with Crippen LogP contribution in [0.2, 0.25) is 0 Å². The zero-order chi connectivity index (χ0) is 20.9. The molecule has 0 aliphatic heterocycles. The standard InChI is InChI=1S/C20H19F3N2O3S/c1-24-17(27)16-13(10-26)15(8-12-4-2-3-5-14(12)20(21,22)23)29-18(16)25(19(24)28)9-11-6-7-11/h2-5,11,26H,6-10H2,1H3. The van der Waals surface area contributed by atoms with Gasteiger partial charge in [-0.1, -0.05) is 18.2 Å². The fourth-order valence-corrected chi connectivity index (χ4v) is 4.91. The van der Waals surface area contributed by atoms with Crippen LogP contribution in [0.15, 0.2) is 33.9 Å². The van der Waals surface area contributed by atoms with E-state index in [1.807, 2.05) is 0 Å². The van der Waals surface area contributed by atoms with Crippen LogP contribution in [0.25, 0.3) is 10.2 Å². The van der Waals surface area contributed by atoms with Crippen molar-refractivity contribution in [3.8, 4) is 0 Å². The highest BCUT2D eigenvalue weighted by Gasteiger charge is 2.33. The largest absolute Gasteiger partial charge is 0.416 e. The number of nitrogens with zero attached hydrogens (tertiary/aromatic N) is 2. The van der Waals surface area contributed by atoms with Crippen molar-refractivity contribution in [3.63, 3.8) is 0 Å². The Bertz CT molecular complexity index is 1200. The molecule has 2 aromatic heterocycles. The molecule has 4 rings (SSSR count). The summed E-state index contributed by atoms with van der Waals surface area (Å²) in [6.45, 7) is -0.0200. The molecule has 0 bridgehead atoms. The lowest BCUT2D eigenvalue weighted by Crippen LogP contribution is -2.38.